The highest BCUT2D eigenvalue weighted by Gasteiger charge is 2.17. The quantitative estimate of drug-likeness (QED) is 0.725. The van der Waals surface area contributed by atoms with Crippen LogP contribution in [0.1, 0.15) is 11.1 Å². The average Bonchev–Trinajstić information content (AvgIpc) is 2.34. The Morgan fingerprint density at radius 1 is 1.37 bits per heavy atom. The van der Waals surface area contributed by atoms with Crippen LogP contribution in [0.2, 0.25) is 0 Å². The van der Waals surface area contributed by atoms with Crippen LogP contribution in [0.25, 0.3) is 0 Å². The first-order valence-electron chi connectivity index (χ1n) is 5.65. The Hall–Kier alpha value is -1.99. The van der Waals surface area contributed by atoms with E-state index >= 15 is 0 Å². The Morgan fingerprint density at radius 3 is 2.74 bits per heavy atom. The number of aryl methyl sites for hydroxylation is 1. The summed E-state index contributed by atoms with van der Waals surface area (Å²) in [6.45, 7) is 1.90. The van der Waals surface area contributed by atoms with Gasteiger partial charge < -0.3 is 10.0 Å². The average molecular weight is 262 g/mol. The SMILES string of the molecule is Cc1cnn(Cc2ccc(F)c(B(O)O)c2)c(=O)c1. The summed E-state index contributed by atoms with van der Waals surface area (Å²) in [5, 5.41) is 22.0. The summed E-state index contributed by atoms with van der Waals surface area (Å²) in [5.74, 6) is -0.706. The fourth-order valence-electron chi connectivity index (χ4n) is 1.71. The molecule has 0 atom stereocenters. The lowest BCUT2D eigenvalue weighted by atomic mass is 9.79. The number of hydrogen-bond acceptors (Lipinski definition) is 4. The number of rotatable bonds is 3. The summed E-state index contributed by atoms with van der Waals surface area (Å²) in [5.41, 5.74) is 0.822. The highest BCUT2D eigenvalue weighted by atomic mass is 19.1. The fourth-order valence-corrected chi connectivity index (χ4v) is 1.71. The van der Waals surface area contributed by atoms with Crippen LogP contribution in [0.4, 0.5) is 4.39 Å². The van der Waals surface area contributed by atoms with E-state index < -0.39 is 12.9 Å². The van der Waals surface area contributed by atoms with Crippen molar-refractivity contribution in [1.29, 1.82) is 0 Å². The van der Waals surface area contributed by atoms with Gasteiger partial charge in [0.2, 0.25) is 0 Å². The Morgan fingerprint density at radius 2 is 2.11 bits per heavy atom. The Kier molecular flexibility index (Phi) is 3.78. The zero-order chi connectivity index (χ0) is 14.0. The Bertz CT molecular complexity index is 658. The van der Waals surface area contributed by atoms with Crippen molar-refractivity contribution in [3.63, 3.8) is 0 Å². The van der Waals surface area contributed by atoms with E-state index in [4.69, 9.17) is 10.0 Å². The predicted molar refractivity (Wildman–Crippen MR) is 68.6 cm³/mol. The van der Waals surface area contributed by atoms with E-state index in [0.29, 0.717) is 5.56 Å². The van der Waals surface area contributed by atoms with E-state index in [0.717, 1.165) is 11.6 Å². The molecule has 0 aliphatic rings. The van der Waals surface area contributed by atoms with Gasteiger partial charge in [-0.15, -0.1) is 0 Å². The largest absolute Gasteiger partial charge is 0.491 e. The Labute approximate surface area is 109 Å². The van der Waals surface area contributed by atoms with E-state index in [2.05, 4.69) is 5.10 Å². The first kappa shape index (κ1) is 13.4. The lowest BCUT2D eigenvalue weighted by Gasteiger charge is -2.07. The molecule has 5 nitrogen and oxygen atoms in total. The number of hydrogen-bond donors (Lipinski definition) is 2. The van der Waals surface area contributed by atoms with Gasteiger partial charge in [0.25, 0.3) is 5.56 Å². The summed E-state index contributed by atoms with van der Waals surface area (Å²) >= 11 is 0. The second-order valence-corrected chi connectivity index (χ2v) is 4.26. The molecule has 2 aromatic rings. The van der Waals surface area contributed by atoms with Crippen LogP contribution in [0, 0.1) is 12.7 Å². The highest BCUT2D eigenvalue weighted by Crippen LogP contribution is 2.03. The molecule has 2 N–H and O–H groups in total. The van der Waals surface area contributed by atoms with E-state index in [1.807, 2.05) is 0 Å². The molecule has 0 fully saturated rings. The molecule has 0 saturated carbocycles. The van der Waals surface area contributed by atoms with Gasteiger partial charge in [-0.1, -0.05) is 12.1 Å². The fraction of sp³-hybridized carbons (Fsp3) is 0.167. The molecule has 1 aromatic heterocycles. The number of aromatic nitrogens is 2. The van der Waals surface area contributed by atoms with Gasteiger partial charge in [0.05, 0.1) is 12.7 Å². The van der Waals surface area contributed by atoms with Gasteiger partial charge in [0, 0.05) is 11.5 Å². The predicted octanol–water partition coefficient (Wildman–Crippen LogP) is -0.581. The van der Waals surface area contributed by atoms with Gasteiger partial charge in [0.15, 0.2) is 0 Å². The molecule has 0 saturated heterocycles. The van der Waals surface area contributed by atoms with Crippen molar-refractivity contribution in [1.82, 2.24) is 9.78 Å². The van der Waals surface area contributed by atoms with Crippen LogP contribution in [0.5, 0.6) is 0 Å². The van der Waals surface area contributed by atoms with Gasteiger partial charge >= 0.3 is 7.12 Å². The molecule has 0 aliphatic carbocycles. The van der Waals surface area contributed by atoms with Crippen LogP contribution in [0.3, 0.4) is 0 Å². The maximum absolute atomic E-state index is 13.3. The monoisotopic (exact) mass is 262 g/mol. The summed E-state index contributed by atoms with van der Waals surface area (Å²) in [4.78, 5) is 11.7. The van der Waals surface area contributed by atoms with Crippen LogP contribution in [-0.2, 0) is 6.54 Å². The topological polar surface area (TPSA) is 75.3 Å². The molecule has 1 heterocycles. The van der Waals surface area contributed by atoms with Crippen LogP contribution in [-0.4, -0.2) is 26.9 Å². The molecule has 1 aromatic carbocycles. The molecule has 2 rings (SSSR count). The normalized spacial score (nSPS) is 10.5. The third-order valence-electron chi connectivity index (χ3n) is 2.68. The van der Waals surface area contributed by atoms with Crippen molar-refractivity contribution in [2.45, 2.75) is 13.5 Å². The maximum atomic E-state index is 13.3. The number of nitrogens with zero attached hydrogens (tertiary/aromatic N) is 2. The van der Waals surface area contributed by atoms with Crippen molar-refractivity contribution in [2.75, 3.05) is 0 Å². The van der Waals surface area contributed by atoms with Crippen molar-refractivity contribution in [3.8, 4) is 0 Å². The van der Waals surface area contributed by atoms with Gasteiger partial charge in [0.1, 0.15) is 5.82 Å². The van der Waals surface area contributed by atoms with Crippen LogP contribution >= 0.6 is 0 Å². The van der Waals surface area contributed by atoms with Crippen molar-refractivity contribution in [3.05, 3.63) is 57.8 Å². The highest BCUT2D eigenvalue weighted by molar-refractivity contribution is 6.58. The minimum absolute atomic E-state index is 0.138. The zero-order valence-electron chi connectivity index (χ0n) is 10.2. The molecule has 0 amide bonds. The van der Waals surface area contributed by atoms with Gasteiger partial charge in [-0.3, -0.25) is 4.79 Å². The molecular formula is C12H12BFN2O3. The zero-order valence-corrected chi connectivity index (χ0v) is 10.2. The van der Waals surface area contributed by atoms with Crippen molar-refractivity contribution < 1.29 is 14.4 Å². The molecule has 0 bridgehead atoms. The lowest BCUT2D eigenvalue weighted by Crippen LogP contribution is -2.33. The van der Waals surface area contributed by atoms with E-state index in [9.17, 15) is 9.18 Å². The van der Waals surface area contributed by atoms with Crippen LogP contribution < -0.4 is 11.0 Å². The molecule has 19 heavy (non-hydrogen) atoms. The minimum atomic E-state index is -1.89. The first-order valence-corrected chi connectivity index (χ1v) is 5.65. The lowest BCUT2D eigenvalue weighted by molar-refractivity contribution is 0.423. The molecule has 7 heteroatoms. The Balaban J connectivity index is 2.33. The molecule has 0 radical (unpaired) electrons. The van der Waals surface area contributed by atoms with E-state index in [-0.39, 0.29) is 17.6 Å². The number of halogens is 1. The molecule has 0 unspecified atom stereocenters. The second kappa shape index (κ2) is 5.33. The summed E-state index contributed by atoms with van der Waals surface area (Å²) in [7, 11) is -1.89. The van der Waals surface area contributed by atoms with Gasteiger partial charge in [-0.05, 0) is 24.1 Å². The molecular weight excluding hydrogens is 250 g/mol. The smallest absolute Gasteiger partial charge is 0.423 e. The second-order valence-electron chi connectivity index (χ2n) is 4.26. The number of benzene rings is 1. The summed E-state index contributed by atoms with van der Waals surface area (Å²) in [6, 6.07) is 5.34. The van der Waals surface area contributed by atoms with Crippen molar-refractivity contribution >= 4 is 12.6 Å². The molecule has 98 valence electrons. The standard InChI is InChI=1S/C12H12BFN2O3/c1-8-4-12(17)16(15-6-8)7-9-2-3-11(14)10(5-9)13(18)19/h2-6,18-19H,7H2,1H3. The van der Waals surface area contributed by atoms with E-state index in [1.54, 1.807) is 13.1 Å². The first-order chi connectivity index (χ1) is 8.97. The van der Waals surface area contributed by atoms with E-state index in [1.165, 1.54) is 22.9 Å². The molecule has 0 aliphatic heterocycles. The summed E-state index contributed by atoms with van der Waals surface area (Å²) < 4.78 is 14.5. The summed E-state index contributed by atoms with van der Waals surface area (Å²) in [6.07, 6.45) is 1.55. The third kappa shape index (κ3) is 3.07. The van der Waals surface area contributed by atoms with Gasteiger partial charge in [-0.25, -0.2) is 9.07 Å². The minimum Gasteiger partial charge on any atom is -0.423 e. The van der Waals surface area contributed by atoms with Gasteiger partial charge in [-0.2, -0.15) is 5.10 Å². The maximum Gasteiger partial charge on any atom is 0.491 e. The van der Waals surface area contributed by atoms with Crippen molar-refractivity contribution in [2.24, 2.45) is 0 Å². The van der Waals surface area contributed by atoms with Crippen LogP contribution in [0.15, 0.2) is 35.3 Å². The molecule has 0 spiro atoms. The third-order valence-corrected chi connectivity index (χ3v) is 2.68.